The molecule has 0 aliphatic rings. The molecule has 0 radical (unpaired) electrons. The van der Waals surface area contributed by atoms with E-state index in [0.29, 0.717) is 28.8 Å². The van der Waals surface area contributed by atoms with Gasteiger partial charge < -0.3 is 4.90 Å². The molecule has 0 unspecified atom stereocenters. The summed E-state index contributed by atoms with van der Waals surface area (Å²) in [6.07, 6.45) is 3.38. The van der Waals surface area contributed by atoms with Gasteiger partial charge in [-0.1, -0.05) is 35.4 Å². The van der Waals surface area contributed by atoms with Crippen LogP contribution >= 0.6 is 35.4 Å². The molecule has 0 atom stereocenters. The molecule has 3 nitrogen and oxygen atoms in total. The largest absolute Gasteiger partial charge is 0.342 e. The SMILES string of the molecule is C=CCN(CC=C)C(=S)NC(=O)c1ccc(Cl)cc1Cl. The predicted octanol–water partition coefficient (Wildman–Crippen LogP) is 3.68. The highest BCUT2D eigenvalue weighted by Crippen LogP contribution is 2.20. The van der Waals surface area contributed by atoms with Crippen LogP contribution in [0.2, 0.25) is 10.0 Å². The Bertz CT molecular complexity index is 536. The van der Waals surface area contributed by atoms with Crippen molar-refractivity contribution in [2.24, 2.45) is 0 Å². The normalized spacial score (nSPS) is 9.70. The molecule has 6 heteroatoms. The molecule has 1 aromatic carbocycles. The van der Waals surface area contributed by atoms with Gasteiger partial charge in [0, 0.05) is 18.1 Å². The van der Waals surface area contributed by atoms with Crippen molar-refractivity contribution in [2.75, 3.05) is 13.1 Å². The Balaban J connectivity index is 2.80. The van der Waals surface area contributed by atoms with Gasteiger partial charge in [0.05, 0.1) is 10.6 Å². The molecular formula is C14H14Cl2N2OS. The smallest absolute Gasteiger partial charge is 0.258 e. The molecule has 0 aromatic heterocycles. The molecular weight excluding hydrogens is 315 g/mol. The number of thiocarbonyl (C=S) groups is 1. The second-order valence-corrected chi connectivity index (χ2v) is 5.10. The van der Waals surface area contributed by atoms with Crippen LogP contribution in [0.5, 0.6) is 0 Å². The fourth-order valence-corrected chi connectivity index (χ4v) is 2.21. The number of nitrogens with one attached hydrogen (secondary N) is 1. The number of halogens is 2. The zero-order valence-corrected chi connectivity index (χ0v) is 13.1. The van der Waals surface area contributed by atoms with Crippen LogP contribution in [0.1, 0.15) is 10.4 Å². The average Bonchev–Trinajstić information content (AvgIpc) is 2.38. The molecule has 1 rings (SSSR count). The van der Waals surface area contributed by atoms with Gasteiger partial charge in [-0.2, -0.15) is 0 Å². The summed E-state index contributed by atoms with van der Waals surface area (Å²) >= 11 is 16.9. The van der Waals surface area contributed by atoms with Crippen molar-refractivity contribution in [3.05, 3.63) is 59.1 Å². The highest BCUT2D eigenvalue weighted by atomic mass is 35.5. The molecule has 20 heavy (non-hydrogen) atoms. The van der Waals surface area contributed by atoms with E-state index < -0.39 is 0 Å². The average molecular weight is 329 g/mol. The quantitative estimate of drug-likeness (QED) is 0.661. The van der Waals surface area contributed by atoms with Crippen LogP contribution in [0, 0.1) is 0 Å². The highest BCUT2D eigenvalue weighted by molar-refractivity contribution is 7.80. The number of carbonyl (C=O) groups excluding carboxylic acids is 1. The maximum atomic E-state index is 12.1. The van der Waals surface area contributed by atoms with Crippen molar-refractivity contribution in [1.29, 1.82) is 0 Å². The summed E-state index contributed by atoms with van der Waals surface area (Å²) in [6, 6.07) is 4.65. The molecule has 0 saturated carbocycles. The minimum Gasteiger partial charge on any atom is -0.342 e. The molecule has 0 aliphatic heterocycles. The molecule has 0 bridgehead atoms. The lowest BCUT2D eigenvalue weighted by Gasteiger charge is -2.22. The maximum Gasteiger partial charge on any atom is 0.258 e. The predicted molar refractivity (Wildman–Crippen MR) is 88.5 cm³/mol. The van der Waals surface area contributed by atoms with Crippen molar-refractivity contribution in [3.8, 4) is 0 Å². The third-order valence-electron chi connectivity index (χ3n) is 2.38. The molecule has 0 spiro atoms. The Morgan fingerprint density at radius 1 is 1.30 bits per heavy atom. The lowest BCUT2D eigenvalue weighted by Crippen LogP contribution is -2.42. The Labute approximate surface area is 133 Å². The molecule has 0 aliphatic carbocycles. The number of hydrogen-bond donors (Lipinski definition) is 1. The van der Waals surface area contributed by atoms with E-state index >= 15 is 0 Å². The van der Waals surface area contributed by atoms with E-state index in [1.54, 1.807) is 29.2 Å². The van der Waals surface area contributed by atoms with Crippen LogP contribution in [0.4, 0.5) is 0 Å². The van der Waals surface area contributed by atoms with Gasteiger partial charge in [0.15, 0.2) is 5.11 Å². The van der Waals surface area contributed by atoms with Gasteiger partial charge in [0.2, 0.25) is 0 Å². The summed E-state index contributed by atoms with van der Waals surface area (Å²) in [4.78, 5) is 13.8. The first-order valence-electron chi connectivity index (χ1n) is 5.76. The zero-order chi connectivity index (χ0) is 15.1. The minimum atomic E-state index is -0.380. The van der Waals surface area contributed by atoms with Crippen LogP contribution in [-0.2, 0) is 0 Å². The first kappa shape index (κ1) is 16.7. The molecule has 0 heterocycles. The lowest BCUT2D eigenvalue weighted by molar-refractivity contribution is 0.0974. The molecule has 106 valence electrons. The van der Waals surface area contributed by atoms with Crippen molar-refractivity contribution in [3.63, 3.8) is 0 Å². The fraction of sp³-hybridized carbons (Fsp3) is 0.143. The fourth-order valence-electron chi connectivity index (χ4n) is 1.47. The molecule has 1 amide bonds. The maximum absolute atomic E-state index is 12.1. The number of carbonyl (C=O) groups is 1. The molecule has 1 N–H and O–H groups in total. The summed E-state index contributed by atoms with van der Waals surface area (Å²) in [5, 5.41) is 3.66. The van der Waals surface area contributed by atoms with Gasteiger partial charge in [0.25, 0.3) is 5.91 Å². The van der Waals surface area contributed by atoms with Crippen molar-refractivity contribution < 1.29 is 4.79 Å². The number of rotatable bonds is 5. The zero-order valence-electron chi connectivity index (χ0n) is 10.7. The Morgan fingerprint density at radius 3 is 2.40 bits per heavy atom. The standard InChI is InChI=1S/C14H14Cl2N2OS/c1-3-7-18(8-4-2)14(20)17-13(19)11-6-5-10(15)9-12(11)16/h3-6,9H,1-2,7-8H2,(H,17,19,20). The second-order valence-electron chi connectivity index (χ2n) is 3.87. The summed E-state index contributed by atoms with van der Waals surface area (Å²) < 4.78 is 0. The van der Waals surface area contributed by atoms with E-state index in [1.807, 2.05) is 0 Å². The monoisotopic (exact) mass is 328 g/mol. The minimum absolute atomic E-state index is 0.275. The number of hydrogen-bond acceptors (Lipinski definition) is 2. The summed E-state index contributed by atoms with van der Waals surface area (Å²) in [7, 11) is 0. The van der Waals surface area contributed by atoms with Gasteiger partial charge >= 0.3 is 0 Å². The summed E-state index contributed by atoms with van der Waals surface area (Å²) in [5.74, 6) is -0.380. The van der Waals surface area contributed by atoms with Crippen LogP contribution in [-0.4, -0.2) is 29.0 Å². The second kappa shape index (κ2) is 8.04. The van der Waals surface area contributed by atoms with E-state index in [1.165, 1.54) is 6.07 Å². The molecule has 0 saturated heterocycles. The van der Waals surface area contributed by atoms with Gasteiger partial charge in [0.1, 0.15) is 0 Å². The van der Waals surface area contributed by atoms with Crippen molar-refractivity contribution in [1.82, 2.24) is 10.2 Å². The number of amides is 1. The topological polar surface area (TPSA) is 32.3 Å². The van der Waals surface area contributed by atoms with E-state index in [4.69, 9.17) is 35.4 Å². The Hall–Kier alpha value is -1.36. The van der Waals surface area contributed by atoms with Gasteiger partial charge in [-0.25, -0.2) is 0 Å². The van der Waals surface area contributed by atoms with Crippen LogP contribution in [0.15, 0.2) is 43.5 Å². The van der Waals surface area contributed by atoms with Gasteiger partial charge in [-0.15, -0.1) is 13.2 Å². The number of nitrogens with zero attached hydrogens (tertiary/aromatic N) is 1. The van der Waals surface area contributed by atoms with E-state index in [2.05, 4.69) is 18.5 Å². The Kier molecular flexibility index (Phi) is 6.71. The van der Waals surface area contributed by atoms with Crippen molar-refractivity contribution in [2.45, 2.75) is 0 Å². The Morgan fingerprint density at radius 2 is 1.90 bits per heavy atom. The molecule has 1 aromatic rings. The van der Waals surface area contributed by atoms with E-state index in [0.717, 1.165) is 0 Å². The lowest BCUT2D eigenvalue weighted by atomic mass is 10.2. The van der Waals surface area contributed by atoms with Crippen LogP contribution < -0.4 is 5.32 Å². The van der Waals surface area contributed by atoms with Crippen LogP contribution in [0.25, 0.3) is 0 Å². The van der Waals surface area contributed by atoms with E-state index in [-0.39, 0.29) is 10.9 Å². The van der Waals surface area contributed by atoms with E-state index in [9.17, 15) is 4.79 Å². The number of benzene rings is 1. The van der Waals surface area contributed by atoms with Gasteiger partial charge in [-0.3, -0.25) is 10.1 Å². The molecule has 0 fully saturated rings. The van der Waals surface area contributed by atoms with Crippen molar-refractivity contribution >= 4 is 46.4 Å². The first-order valence-corrected chi connectivity index (χ1v) is 6.93. The summed E-state index contributed by atoms with van der Waals surface area (Å²) in [6.45, 7) is 8.31. The first-order chi connectivity index (χ1) is 9.49. The van der Waals surface area contributed by atoms with Gasteiger partial charge in [-0.05, 0) is 30.4 Å². The highest BCUT2D eigenvalue weighted by Gasteiger charge is 2.14. The van der Waals surface area contributed by atoms with Crippen LogP contribution in [0.3, 0.4) is 0 Å². The third-order valence-corrected chi connectivity index (χ3v) is 3.29. The third kappa shape index (κ3) is 4.63. The summed E-state index contributed by atoms with van der Waals surface area (Å²) in [5.41, 5.74) is 0.315.